The molecule has 3 aromatic carbocycles. The van der Waals surface area contributed by atoms with Crippen LogP contribution in [0.2, 0.25) is 5.02 Å². The monoisotopic (exact) mass is 470 g/mol. The first kappa shape index (κ1) is 21.1. The van der Waals surface area contributed by atoms with Gasteiger partial charge < -0.3 is 5.32 Å². The number of hydrogen-bond acceptors (Lipinski definition) is 3. The van der Waals surface area contributed by atoms with Crippen LogP contribution in [0.4, 0.5) is 0 Å². The summed E-state index contributed by atoms with van der Waals surface area (Å²) in [6.45, 7) is 0.473. The van der Waals surface area contributed by atoms with Gasteiger partial charge in [0.25, 0.3) is 0 Å². The molecule has 1 heterocycles. The molecule has 3 amide bonds. The van der Waals surface area contributed by atoms with E-state index in [-0.39, 0.29) is 42.5 Å². The zero-order valence-corrected chi connectivity index (χ0v) is 19.2. The molecule has 3 aliphatic carbocycles. The number of imide groups is 1. The van der Waals surface area contributed by atoms with Crippen LogP contribution in [0.5, 0.6) is 0 Å². The number of likely N-dealkylation sites (tertiary alicyclic amines) is 1. The van der Waals surface area contributed by atoms with Crippen LogP contribution in [0.25, 0.3) is 0 Å². The fourth-order valence-electron chi connectivity index (χ4n) is 6.06. The number of benzene rings is 3. The summed E-state index contributed by atoms with van der Waals surface area (Å²) in [5.41, 5.74) is 5.53. The Morgan fingerprint density at radius 3 is 1.71 bits per heavy atom. The lowest BCUT2D eigenvalue weighted by Gasteiger charge is -2.45. The minimum absolute atomic E-state index is 0.0831. The average molecular weight is 471 g/mol. The number of rotatable bonds is 5. The summed E-state index contributed by atoms with van der Waals surface area (Å²) in [7, 11) is 0. The summed E-state index contributed by atoms with van der Waals surface area (Å²) in [6, 6.07) is 23.6. The second-order valence-electron chi connectivity index (χ2n) is 9.25. The normalized spacial score (nSPS) is 24.0. The minimum Gasteiger partial charge on any atom is -0.352 e. The van der Waals surface area contributed by atoms with E-state index < -0.39 is 11.8 Å². The molecule has 1 saturated heterocycles. The summed E-state index contributed by atoms with van der Waals surface area (Å²) in [6.07, 6.45) is 0.0831. The van der Waals surface area contributed by atoms with E-state index in [4.69, 9.17) is 11.6 Å². The van der Waals surface area contributed by atoms with Crippen molar-refractivity contribution in [3.05, 3.63) is 106 Å². The predicted octanol–water partition coefficient (Wildman–Crippen LogP) is 4.24. The zero-order valence-electron chi connectivity index (χ0n) is 18.4. The van der Waals surface area contributed by atoms with E-state index in [9.17, 15) is 14.4 Å². The molecule has 34 heavy (non-hydrogen) atoms. The standard InChI is InChI=1S/C28H23ClN2O3/c29-17-11-9-16(10-12-17)15-30-22(32)13-14-31-27(33)25-23-18-5-1-2-6-19(18)24(26(25)28(31)34)21-8-4-3-7-20(21)23/h1-12,23-26H,13-15H2,(H,30,32). The number of halogens is 1. The lowest BCUT2D eigenvalue weighted by molar-refractivity contribution is -0.140. The van der Waals surface area contributed by atoms with Gasteiger partial charge in [-0.25, -0.2) is 0 Å². The number of hydrogen-bond donors (Lipinski definition) is 1. The van der Waals surface area contributed by atoms with Gasteiger partial charge in [0.05, 0.1) is 11.8 Å². The summed E-state index contributed by atoms with van der Waals surface area (Å²) in [5, 5.41) is 3.50. The first-order valence-electron chi connectivity index (χ1n) is 11.6. The average Bonchev–Trinajstić information content (AvgIpc) is 3.12. The first-order chi connectivity index (χ1) is 16.5. The summed E-state index contributed by atoms with van der Waals surface area (Å²) >= 11 is 5.90. The van der Waals surface area contributed by atoms with Crippen molar-refractivity contribution in [3.63, 3.8) is 0 Å². The zero-order chi connectivity index (χ0) is 23.4. The van der Waals surface area contributed by atoms with Gasteiger partial charge in [-0.3, -0.25) is 19.3 Å². The number of carbonyl (C=O) groups is 3. The Morgan fingerprint density at radius 1 is 0.765 bits per heavy atom. The van der Waals surface area contributed by atoms with Gasteiger partial charge in [0.15, 0.2) is 0 Å². The van der Waals surface area contributed by atoms with E-state index in [1.54, 1.807) is 12.1 Å². The molecule has 3 aromatic rings. The lowest BCUT2D eigenvalue weighted by Crippen LogP contribution is -2.41. The summed E-state index contributed by atoms with van der Waals surface area (Å²) in [5.74, 6) is -1.55. The number of nitrogens with zero attached hydrogens (tertiary/aromatic N) is 1. The van der Waals surface area contributed by atoms with Gasteiger partial charge in [0.2, 0.25) is 17.7 Å². The highest BCUT2D eigenvalue weighted by molar-refractivity contribution is 6.30. The predicted molar refractivity (Wildman–Crippen MR) is 128 cm³/mol. The van der Waals surface area contributed by atoms with Crippen LogP contribution in [0, 0.1) is 11.8 Å². The largest absolute Gasteiger partial charge is 0.352 e. The number of nitrogens with one attached hydrogen (secondary N) is 1. The molecule has 0 saturated carbocycles. The van der Waals surface area contributed by atoms with Gasteiger partial charge in [0, 0.05) is 36.4 Å². The van der Waals surface area contributed by atoms with E-state index in [0.717, 1.165) is 27.8 Å². The van der Waals surface area contributed by atoms with Crippen LogP contribution < -0.4 is 5.32 Å². The van der Waals surface area contributed by atoms with Crippen molar-refractivity contribution in [1.82, 2.24) is 10.2 Å². The van der Waals surface area contributed by atoms with E-state index >= 15 is 0 Å². The van der Waals surface area contributed by atoms with Crippen LogP contribution in [-0.2, 0) is 20.9 Å². The molecule has 1 N–H and O–H groups in total. The van der Waals surface area contributed by atoms with Crippen LogP contribution in [0.1, 0.15) is 46.1 Å². The van der Waals surface area contributed by atoms with Gasteiger partial charge in [-0.05, 0) is 39.9 Å². The fourth-order valence-corrected chi connectivity index (χ4v) is 6.19. The van der Waals surface area contributed by atoms with Gasteiger partial charge in [-0.2, -0.15) is 0 Å². The third-order valence-electron chi connectivity index (χ3n) is 7.51. The van der Waals surface area contributed by atoms with Gasteiger partial charge in [-0.1, -0.05) is 72.3 Å². The molecule has 1 aliphatic heterocycles. The van der Waals surface area contributed by atoms with Gasteiger partial charge >= 0.3 is 0 Å². The Morgan fingerprint density at radius 2 is 1.24 bits per heavy atom. The van der Waals surface area contributed by atoms with Crippen molar-refractivity contribution in [1.29, 1.82) is 0 Å². The molecule has 2 bridgehead atoms. The molecule has 2 unspecified atom stereocenters. The van der Waals surface area contributed by atoms with E-state index in [1.165, 1.54) is 4.90 Å². The lowest BCUT2D eigenvalue weighted by atomic mass is 9.55. The van der Waals surface area contributed by atoms with Crippen LogP contribution in [-0.4, -0.2) is 29.2 Å². The molecule has 170 valence electrons. The second kappa shape index (κ2) is 8.10. The Bertz CT molecular complexity index is 1200. The van der Waals surface area contributed by atoms with Crippen molar-refractivity contribution >= 4 is 29.3 Å². The van der Waals surface area contributed by atoms with Crippen molar-refractivity contribution in [2.75, 3.05) is 6.54 Å². The number of amides is 3. The Balaban J connectivity index is 1.21. The smallest absolute Gasteiger partial charge is 0.234 e. The SMILES string of the molecule is O=C(CCN1C(=O)C2C3c4ccccc4C(c4ccccc43)C2C1=O)NCc1ccc(Cl)cc1. The highest BCUT2D eigenvalue weighted by Crippen LogP contribution is 2.60. The topological polar surface area (TPSA) is 66.5 Å². The molecule has 0 spiro atoms. The van der Waals surface area contributed by atoms with E-state index in [0.29, 0.717) is 11.6 Å². The molecule has 2 atom stereocenters. The fraction of sp³-hybridized carbons (Fsp3) is 0.250. The maximum atomic E-state index is 13.5. The summed E-state index contributed by atoms with van der Waals surface area (Å²) in [4.78, 5) is 40.9. The molecule has 4 aliphatic rings. The Labute approximate surface area is 202 Å². The molecule has 0 aromatic heterocycles. The van der Waals surface area contributed by atoms with Crippen molar-refractivity contribution in [2.45, 2.75) is 24.8 Å². The molecular formula is C28H23ClN2O3. The minimum atomic E-state index is -0.403. The van der Waals surface area contributed by atoms with Crippen molar-refractivity contribution < 1.29 is 14.4 Å². The van der Waals surface area contributed by atoms with Crippen LogP contribution in [0.3, 0.4) is 0 Å². The molecule has 1 fully saturated rings. The third kappa shape index (κ3) is 3.18. The third-order valence-corrected chi connectivity index (χ3v) is 7.76. The van der Waals surface area contributed by atoms with Gasteiger partial charge in [0.1, 0.15) is 0 Å². The van der Waals surface area contributed by atoms with E-state index in [2.05, 4.69) is 29.6 Å². The number of carbonyl (C=O) groups excluding carboxylic acids is 3. The maximum Gasteiger partial charge on any atom is 0.234 e. The summed E-state index contributed by atoms with van der Waals surface area (Å²) < 4.78 is 0. The van der Waals surface area contributed by atoms with Gasteiger partial charge in [-0.15, -0.1) is 0 Å². The molecule has 6 heteroatoms. The Hall–Kier alpha value is -3.44. The second-order valence-corrected chi connectivity index (χ2v) is 9.68. The molecule has 7 rings (SSSR count). The quantitative estimate of drug-likeness (QED) is 0.567. The highest BCUT2D eigenvalue weighted by atomic mass is 35.5. The first-order valence-corrected chi connectivity index (χ1v) is 12.0. The van der Waals surface area contributed by atoms with Crippen LogP contribution in [0.15, 0.2) is 72.8 Å². The Kier molecular flexibility index (Phi) is 5.03. The molecular weight excluding hydrogens is 448 g/mol. The van der Waals surface area contributed by atoms with Crippen molar-refractivity contribution in [3.8, 4) is 0 Å². The highest BCUT2D eigenvalue weighted by Gasteiger charge is 2.61. The maximum absolute atomic E-state index is 13.5. The molecule has 5 nitrogen and oxygen atoms in total. The van der Waals surface area contributed by atoms with Crippen LogP contribution >= 0.6 is 11.6 Å². The van der Waals surface area contributed by atoms with Crippen molar-refractivity contribution in [2.24, 2.45) is 11.8 Å². The van der Waals surface area contributed by atoms with E-state index in [1.807, 2.05) is 36.4 Å². The molecule has 0 radical (unpaired) electrons.